The SMILES string of the molecule is Brc1cccc2oc3ccc(-c4ccc5c(c4)c4ccccc4n5-c4nc(-c5ccccc5)nc(-c5ccccc5)n4)cc3c12. The van der Waals surface area contributed by atoms with Crippen LogP contribution in [0.3, 0.4) is 0 Å². The lowest BCUT2D eigenvalue weighted by Gasteiger charge is -2.11. The fourth-order valence-corrected chi connectivity index (χ4v) is 6.79. The highest BCUT2D eigenvalue weighted by Gasteiger charge is 2.19. The molecule has 0 bridgehead atoms. The summed E-state index contributed by atoms with van der Waals surface area (Å²) in [6.45, 7) is 0. The van der Waals surface area contributed by atoms with Gasteiger partial charge in [-0.2, -0.15) is 9.97 Å². The van der Waals surface area contributed by atoms with Crippen LogP contribution in [0.5, 0.6) is 0 Å². The van der Waals surface area contributed by atoms with E-state index in [2.05, 4.69) is 87.2 Å². The number of halogens is 1. The molecule has 212 valence electrons. The molecule has 6 heteroatoms. The lowest BCUT2D eigenvalue weighted by Crippen LogP contribution is -2.06. The van der Waals surface area contributed by atoms with Crippen molar-refractivity contribution in [1.82, 2.24) is 19.5 Å². The van der Waals surface area contributed by atoms with E-state index < -0.39 is 0 Å². The van der Waals surface area contributed by atoms with Gasteiger partial charge in [0.25, 0.3) is 0 Å². The summed E-state index contributed by atoms with van der Waals surface area (Å²) in [5.41, 5.74) is 7.94. The molecule has 0 saturated heterocycles. The molecule has 0 aliphatic rings. The predicted octanol–water partition coefficient (Wildman–Crippen LogP) is 10.6. The summed E-state index contributed by atoms with van der Waals surface area (Å²) in [6, 6.07) is 47.7. The molecular weight excluding hydrogens is 620 g/mol. The summed E-state index contributed by atoms with van der Waals surface area (Å²) in [4.78, 5) is 15.0. The molecule has 0 atom stereocenters. The molecule has 0 aliphatic carbocycles. The van der Waals surface area contributed by atoms with Crippen molar-refractivity contribution in [2.24, 2.45) is 0 Å². The number of nitrogens with zero attached hydrogens (tertiary/aromatic N) is 4. The van der Waals surface area contributed by atoms with E-state index >= 15 is 0 Å². The number of hydrogen-bond acceptors (Lipinski definition) is 4. The summed E-state index contributed by atoms with van der Waals surface area (Å²) in [6.07, 6.45) is 0. The van der Waals surface area contributed by atoms with E-state index in [4.69, 9.17) is 19.4 Å². The van der Waals surface area contributed by atoms with E-state index in [0.717, 1.165) is 70.5 Å². The highest BCUT2D eigenvalue weighted by atomic mass is 79.9. The molecule has 5 nitrogen and oxygen atoms in total. The Morgan fingerprint density at radius 1 is 0.467 bits per heavy atom. The van der Waals surface area contributed by atoms with Gasteiger partial charge in [-0.05, 0) is 53.6 Å². The average molecular weight is 644 g/mol. The van der Waals surface area contributed by atoms with Crippen LogP contribution in [-0.4, -0.2) is 19.5 Å². The molecule has 3 aromatic heterocycles. The van der Waals surface area contributed by atoms with Crippen LogP contribution in [0.2, 0.25) is 0 Å². The zero-order valence-electron chi connectivity index (χ0n) is 23.9. The molecule has 3 heterocycles. The molecule has 9 rings (SSSR count). The Kier molecular flexibility index (Phi) is 5.89. The third kappa shape index (κ3) is 4.25. The topological polar surface area (TPSA) is 56.7 Å². The van der Waals surface area contributed by atoms with Crippen molar-refractivity contribution in [3.63, 3.8) is 0 Å². The van der Waals surface area contributed by atoms with Crippen LogP contribution in [0.1, 0.15) is 0 Å². The van der Waals surface area contributed by atoms with E-state index in [1.54, 1.807) is 0 Å². The summed E-state index contributed by atoms with van der Waals surface area (Å²) in [7, 11) is 0. The third-order valence-electron chi connectivity index (χ3n) is 8.34. The van der Waals surface area contributed by atoms with E-state index in [9.17, 15) is 0 Å². The lowest BCUT2D eigenvalue weighted by molar-refractivity contribution is 0.669. The smallest absolute Gasteiger partial charge is 0.238 e. The van der Waals surface area contributed by atoms with Crippen molar-refractivity contribution in [2.45, 2.75) is 0 Å². The van der Waals surface area contributed by atoms with Gasteiger partial charge in [0.2, 0.25) is 5.95 Å². The largest absolute Gasteiger partial charge is 0.456 e. The van der Waals surface area contributed by atoms with Crippen LogP contribution in [0.15, 0.2) is 148 Å². The van der Waals surface area contributed by atoms with Gasteiger partial charge < -0.3 is 4.42 Å². The fraction of sp³-hybridized carbons (Fsp3) is 0. The first-order valence-electron chi connectivity index (χ1n) is 14.7. The Hall–Kier alpha value is -5.59. The van der Waals surface area contributed by atoms with Crippen molar-refractivity contribution in [3.05, 3.63) is 144 Å². The Bertz CT molecular complexity index is 2500. The van der Waals surface area contributed by atoms with Gasteiger partial charge in [0.1, 0.15) is 11.2 Å². The molecule has 9 aromatic rings. The summed E-state index contributed by atoms with van der Waals surface area (Å²) < 4.78 is 9.31. The normalized spacial score (nSPS) is 11.7. The summed E-state index contributed by atoms with van der Waals surface area (Å²) in [5.74, 6) is 1.85. The van der Waals surface area contributed by atoms with Gasteiger partial charge in [0.15, 0.2) is 11.6 Å². The molecule has 0 unspecified atom stereocenters. The lowest BCUT2D eigenvalue weighted by atomic mass is 10.0. The Morgan fingerprint density at radius 3 is 1.82 bits per heavy atom. The third-order valence-corrected chi connectivity index (χ3v) is 9.00. The average Bonchev–Trinajstić information content (AvgIpc) is 3.64. The number of rotatable bonds is 4. The second-order valence-electron chi connectivity index (χ2n) is 11.0. The molecule has 0 radical (unpaired) electrons. The minimum Gasteiger partial charge on any atom is -0.456 e. The molecular formula is C39H23BrN4O. The van der Waals surface area contributed by atoms with E-state index in [1.807, 2.05) is 72.8 Å². The first kappa shape index (κ1) is 25.9. The Labute approximate surface area is 266 Å². The van der Waals surface area contributed by atoms with Crippen LogP contribution >= 0.6 is 15.9 Å². The van der Waals surface area contributed by atoms with Crippen molar-refractivity contribution in [1.29, 1.82) is 0 Å². The number of aromatic nitrogens is 4. The molecule has 0 N–H and O–H groups in total. The van der Waals surface area contributed by atoms with Crippen LogP contribution in [0.4, 0.5) is 0 Å². The van der Waals surface area contributed by atoms with Crippen LogP contribution in [0.25, 0.3) is 83.6 Å². The zero-order valence-corrected chi connectivity index (χ0v) is 25.4. The minimum absolute atomic E-state index is 0.581. The molecule has 0 fully saturated rings. The van der Waals surface area contributed by atoms with Gasteiger partial charge in [0, 0.05) is 37.1 Å². The number of fused-ring (bicyclic) bond motifs is 6. The first-order valence-corrected chi connectivity index (χ1v) is 15.5. The monoisotopic (exact) mass is 642 g/mol. The van der Waals surface area contributed by atoms with Crippen LogP contribution in [0, 0.1) is 0 Å². The van der Waals surface area contributed by atoms with Gasteiger partial charge in [0.05, 0.1) is 11.0 Å². The first-order chi connectivity index (χ1) is 22.2. The quantitative estimate of drug-likeness (QED) is 0.192. The molecule has 0 spiro atoms. The molecule has 6 aromatic carbocycles. The predicted molar refractivity (Wildman–Crippen MR) is 185 cm³/mol. The van der Waals surface area contributed by atoms with Gasteiger partial charge in [-0.1, -0.05) is 113 Å². The number of benzene rings is 6. The van der Waals surface area contributed by atoms with Crippen molar-refractivity contribution < 1.29 is 4.42 Å². The maximum atomic E-state index is 6.14. The van der Waals surface area contributed by atoms with Crippen molar-refractivity contribution >= 4 is 59.7 Å². The Balaban J connectivity index is 1.27. The maximum absolute atomic E-state index is 6.14. The van der Waals surface area contributed by atoms with Gasteiger partial charge in [-0.3, -0.25) is 4.57 Å². The highest BCUT2D eigenvalue weighted by Crippen LogP contribution is 2.39. The van der Waals surface area contributed by atoms with E-state index in [0.29, 0.717) is 17.6 Å². The summed E-state index contributed by atoms with van der Waals surface area (Å²) >= 11 is 3.72. The van der Waals surface area contributed by atoms with Gasteiger partial charge in [-0.25, -0.2) is 4.98 Å². The van der Waals surface area contributed by atoms with Crippen molar-refractivity contribution in [3.8, 4) is 39.9 Å². The highest BCUT2D eigenvalue weighted by molar-refractivity contribution is 9.10. The van der Waals surface area contributed by atoms with Gasteiger partial charge in [-0.15, -0.1) is 0 Å². The minimum atomic E-state index is 0.581. The van der Waals surface area contributed by atoms with Gasteiger partial charge >= 0.3 is 0 Å². The molecule has 0 amide bonds. The number of furan rings is 1. The molecule has 45 heavy (non-hydrogen) atoms. The fourth-order valence-electron chi connectivity index (χ4n) is 6.23. The van der Waals surface area contributed by atoms with Crippen LogP contribution in [-0.2, 0) is 0 Å². The Morgan fingerprint density at radius 2 is 1.09 bits per heavy atom. The van der Waals surface area contributed by atoms with Crippen LogP contribution < -0.4 is 0 Å². The zero-order chi connectivity index (χ0) is 29.9. The molecule has 0 aliphatic heterocycles. The second-order valence-corrected chi connectivity index (χ2v) is 11.9. The standard InChI is InChI=1S/C39H23BrN4O/c40-31-15-9-17-35-36(31)30-23-27(19-21-34(30)45-35)26-18-20-33-29(22-26)28-14-7-8-16-32(28)44(33)39-42-37(24-10-3-1-4-11-24)41-38(43-39)25-12-5-2-6-13-25/h1-23H. The van der Waals surface area contributed by atoms with E-state index in [1.165, 1.54) is 0 Å². The second kappa shape index (κ2) is 10.3. The number of para-hydroxylation sites is 1. The van der Waals surface area contributed by atoms with Crippen molar-refractivity contribution in [2.75, 3.05) is 0 Å². The van der Waals surface area contributed by atoms with E-state index in [-0.39, 0.29) is 0 Å². The molecule has 0 saturated carbocycles. The maximum Gasteiger partial charge on any atom is 0.238 e. The number of hydrogen-bond donors (Lipinski definition) is 0. The summed E-state index contributed by atoms with van der Waals surface area (Å²) in [5, 5.41) is 4.44.